The maximum absolute atomic E-state index is 12.8. The van der Waals surface area contributed by atoms with E-state index in [0.717, 1.165) is 23.7 Å². The molecule has 0 spiro atoms. The zero-order valence-electron chi connectivity index (χ0n) is 17.6. The second-order valence-electron chi connectivity index (χ2n) is 7.50. The lowest BCUT2D eigenvalue weighted by Crippen LogP contribution is -2.26. The summed E-state index contributed by atoms with van der Waals surface area (Å²) in [6.45, 7) is 0.902. The van der Waals surface area contributed by atoms with Crippen molar-refractivity contribution in [3.63, 3.8) is 0 Å². The first kappa shape index (κ1) is 22.5. The largest absolute Gasteiger partial charge is 0.346 e. The van der Waals surface area contributed by atoms with Gasteiger partial charge in [-0.25, -0.2) is 15.4 Å². The van der Waals surface area contributed by atoms with Crippen molar-refractivity contribution < 1.29 is 9.42 Å². The second kappa shape index (κ2) is 11.8. The molecule has 0 radical (unpaired) electrons. The van der Waals surface area contributed by atoms with Crippen molar-refractivity contribution >= 4 is 22.5 Å². The first-order chi connectivity index (χ1) is 15.2. The Morgan fingerprint density at radius 2 is 1.97 bits per heavy atom. The van der Waals surface area contributed by atoms with Crippen molar-refractivity contribution in [2.45, 2.75) is 38.5 Å². The number of hydrogen-bond donors (Lipinski definition) is 3. The van der Waals surface area contributed by atoms with Gasteiger partial charge in [0.25, 0.3) is 0 Å². The zero-order valence-corrected chi connectivity index (χ0v) is 17.6. The average Bonchev–Trinajstić information content (AvgIpc) is 3.28. The zero-order chi connectivity index (χ0) is 21.9. The quantitative estimate of drug-likeness (QED) is 0.292. The predicted molar refractivity (Wildman–Crippen MR) is 118 cm³/mol. The fourth-order valence-corrected chi connectivity index (χ4v) is 3.53. The molecular formula is C22H28FN7O. The van der Waals surface area contributed by atoms with Crippen molar-refractivity contribution in [3.8, 4) is 6.07 Å². The number of anilines is 2. The Balaban J connectivity index is 0.000000194. The molecule has 0 unspecified atom stereocenters. The number of nitriles is 1. The number of nitrogens with one attached hydrogen (secondary N) is 3. The van der Waals surface area contributed by atoms with Crippen LogP contribution in [0, 0.1) is 17.2 Å². The standard InChI is InChI=1S/C15H21N3O.C7H7FN4/c16-11-10-13-6-8-15(9-7-13)18-19-17-12-14-4-2-1-3-5-14;1-12(8)7-5-2-3-9-6(5)10-4-11-7/h6-9,14,17-18H,1-5,10,12H2;2-4H,1H3,(H,9,10,11). The van der Waals surface area contributed by atoms with Gasteiger partial charge in [0.2, 0.25) is 0 Å². The highest BCUT2D eigenvalue weighted by atomic mass is 19.2. The first-order valence-electron chi connectivity index (χ1n) is 10.5. The lowest BCUT2D eigenvalue weighted by atomic mass is 9.89. The summed E-state index contributed by atoms with van der Waals surface area (Å²) in [5.74, 6) is 1.02. The number of aromatic nitrogens is 3. The van der Waals surface area contributed by atoms with Gasteiger partial charge in [-0.05, 0) is 42.5 Å². The van der Waals surface area contributed by atoms with Crippen LogP contribution in [0.3, 0.4) is 0 Å². The van der Waals surface area contributed by atoms with E-state index in [2.05, 4.69) is 32.0 Å². The van der Waals surface area contributed by atoms with Crippen LogP contribution in [0.5, 0.6) is 0 Å². The molecule has 1 saturated carbocycles. The molecule has 3 N–H and O–H groups in total. The topological polar surface area (TPSA) is 102 Å². The number of nitrogens with zero attached hydrogens (tertiary/aromatic N) is 4. The van der Waals surface area contributed by atoms with Crippen molar-refractivity contribution in [1.82, 2.24) is 20.4 Å². The normalized spacial score (nSPS) is 13.8. The fraction of sp³-hybridized carbons (Fsp3) is 0.409. The number of halogens is 1. The van der Waals surface area contributed by atoms with E-state index in [1.54, 1.807) is 12.3 Å². The van der Waals surface area contributed by atoms with Crippen LogP contribution in [0.25, 0.3) is 11.0 Å². The average molecular weight is 426 g/mol. The van der Waals surface area contributed by atoms with Crippen LogP contribution in [-0.4, -0.2) is 28.5 Å². The van der Waals surface area contributed by atoms with Crippen molar-refractivity contribution in [2.24, 2.45) is 5.92 Å². The molecule has 1 fully saturated rings. The maximum Gasteiger partial charge on any atom is 0.169 e. The van der Waals surface area contributed by atoms with E-state index in [-0.39, 0.29) is 5.82 Å². The van der Waals surface area contributed by atoms with Crippen molar-refractivity contribution in [3.05, 3.63) is 48.4 Å². The van der Waals surface area contributed by atoms with Gasteiger partial charge >= 0.3 is 0 Å². The van der Waals surface area contributed by atoms with Gasteiger partial charge in [-0.1, -0.05) is 35.9 Å². The van der Waals surface area contributed by atoms with Crippen LogP contribution in [0.15, 0.2) is 42.9 Å². The van der Waals surface area contributed by atoms with Crippen LogP contribution in [0.2, 0.25) is 0 Å². The van der Waals surface area contributed by atoms with Gasteiger partial charge in [0.1, 0.15) is 12.0 Å². The monoisotopic (exact) mass is 425 g/mol. The van der Waals surface area contributed by atoms with Gasteiger partial charge in [0.05, 0.1) is 23.6 Å². The molecular weight excluding hydrogens is 397 g/mol. The van der Waals surface area contributed by atoms with Crippen molar-refractivity contribution in [2.75, 3.05) is 24.2 Å². The summed E-state index contributed by atoms with van der Waals surface area (Å²) < 4.78 is 12.8. The minimum absolute atomic E-state index is 0.279. The summed E-state index contributed by atoms with van der Waals surface area (Å²) in [6, 6.07) is 11.5. The molecule has 1 aliphatic rings. The van der Waals surface area contributed by atoms with Gasteiger partial charge in [0.15, 0.2) is 5.82 Å². The summed E-state index contributed by atoms with van der Waals surface area (Å²) in [5.41, 5.74) is 8.39. The minimum Gasteiger partial charge on any atom is -0.346 e. The SMILES string of the molecule is CN(F)c1ncnc2[nH]ccc12.N#CCc1ccc(NONCC2CCCCC2)cc1. The molecule has 0 bridgehead atoms. The minimum atomic E-state index is 0.279. The van der Waals surface area contributed by atoms with Crippen LogP contribution in [0.4, 0.5) is 16.0 Å². The highest BCUT2D eigenvalue weighted by molar-refractivity contribution is 5.86. The number of hydroxylamine groups is 1. The van der Waals surface area contributed by atoms with E-state index in [9.17, 15) is 4.48 Å². The number of aromatic amines is 1. The van der Waals surface area contributed by atoms with E-state index in [4.69, 9.17) is 10.2 Å². The molecule has 164 valence electrons. The maximum atomic E-state index is 12.8. The molecule has 4 rings (SSSR count). The lowest BCUT2D eigenvalue weighted by Gasteiger charge is -2.21. The molecule has 0 atom stereocenters. The molecule has 1 aliphatic carbocycles. The van der Waals surface area contributed by atoms with Crippen LogP contribution in [-0.2, 0) is 11.4 Å². The Labute approximate surface area is 181 Å². The number of H-pyrrole nitrogens is 1. The Morgan fingerprint density at radius 1 is 1.19 bits per heavy atom. The third-order valence-corrected chi connectivity index (χ3v) is 5.20. The predicted octanol–water partition coefficient (Wildman–Crippen LogP) is 4.46. The fourth-order valence-electron chi connectivity index (χ4n) is 3.53. The van der Waals surface area contributed by atoms with E-state index >= 15 is 0 Å². The molecule has 0 amide bonds. The van der Waals surface area contributed by atoms with Gasteiger partial charge < -0.3 is 4.98 Å². The van der Waals surface area contributed by atoms with E-state index in [1.165, 1.54) is 45.5 Å². The van der Waals surface area contributed by atoms with Gasteiger partial charge in [-0.15, -0.1) is 0 Å². The molecule has 0 saturated heterocycles. The summed E-state index contributed by atoms with van der Waals surface area (Å²) >= 11 is 0. The van der Waals surface area contributed by atoms with Gasteiger partial charge in [0, 0.05) is 19.8 Å². The molecule has 1 aromatic carbocycles. The third-order valence-electron chi connectivity index (χ3n) is 5.20. The van der Waals surface area contributed by atoms with E-state index < -0.39 is 0 Å². The van der Waals surface area contributed by atoms with Gasteiger partial charge in [-0.2, -0.15) is 20.8 Å². The summed E-state index contributed by atoms with van der Waals surface area (Å²) in [7, 11) is 1.30. The van der Waals surface area contributed by atoms with E-state index in [0.29, 0.717) is 22.6 Å². The number of fused-ring (bicyclic) bond motifs is 1. The molecule has 2 heterocycles. The van der Waals surface area contributed by atoms with Gasteiger partial charge in [-0.3, -0.25) is 0 Å². The Morgan fingerprint density at radius 3 is 2.68 bits per heavy atom. The summed E-state index contributed by atoms with van der Waals surface area (Å²) in [5, 5.41) is 9.74. The Hall–Kier alpha value is -3.22. The Kier molecular flexibility index (Phi) is 8.58. The summed E-state index contributed by atoms with van der Waals surface area (Å²) in [6.07, 6.45) is 10.2. The summed E-state index contributed by atoms with van der Waals surface area (Å²) in [4.78, 5) is 15.9. The Bertz CT molecular complexity index is 962. The molecule has 0 aliphatic heterocycles. The third kappa shape index (κ3) is 6.91. The number of rotatable bonds is 7. The van der Waals surface area contributed by atoms with Crippen LogP contribution < -0.4 is 16.1 Å². The highest BCUT2D eigenvalue weighted by Gasteiger charge is 2.12. The first-order valence-corrected chi connectivity index (χ1v) is 10.5. The highest BCUT2D eigenvalue weighted by Crippen LogP contribution is 2.23. The molecule has 31 heavy (non-hydrogen) atoms. The molecule has 3 aromatic rings. The van der Waals surface area contributed by atoms with Crippen LogP contribution in [0.1, 0.15) is 37.7 Å². The second-order valence-corrected chi connectivity index (χ2v) is 7.50. The molecule has 2 aromatic heterocycles. The van der Waals surface area contributed by atoms with Crippen molar-refractivity contribution in [1.29, 1.82) is 5.26 Å². The smallest absolute Gasteiger partial charge is 0.169 e. The number of hydrogen-bond acceptors (Lipinski definition) is 7. The van der Waals surface area contributed by atoms with Crippen LogP contribution >= 0.6 is 0 Å². The number of benzene rings is 1. The van der Waals surface area contributed by atoms with E-state index in [1.807, 2.05) is 24.3 Å². The molecule has 9 heteroatoms. The molecule has 8 nitrogen and oxygen atoms in total. The lowest BCUT2D eigenvalue weighted by molar-refractivity contribution is 0.0718.